The van der Waals surface area contributed by atoms with Crippen molar-refractivity contribution < 1.29 is 9.53 Å². The average Bonchev–Trinajstić information content (AvgIpc) is 2.72. The molecule has 114 valence electrons. The lowest BCUT2D eigenvalue weighted by Gasteiger charge is -2.09. The Morgan fingerprint density at radius 1 is 1.45 bits per heavy atom. The summed E-state index contributed by atoms with van der Waals surface area (Å²) in [4.78, 5) is 13.6. The number of hydrogen-bond acceptors (Lipinski definition) is 3. The Morgan fingerprint density at radius 3 is 2.59 bits per heavy atom. The summed E-state index contributed by atoms with van der Waals surface area (Å²) in [6, 6.07) is 3.28. The minimum absolute atomic E-state index is 0.0691. The third-order valence-electron chi connectivity index (χ3n) is 2.91. The maximum atomic E-state index is 12.1. The Balaban J connectivity index is 2.32. The number of carbonyl (C=O) groups excluding carboxylic acids is 1. The fraction of sp³-hybridized carbons (Fsp3) is 0.200. The highest BCUT2D eigenvalue weighted by atomic mass is 35.5. The van der Waals surface area contributed by atoms with Gasteiger partial charge in [0.1, 0.15) is 12.3 Å². The molecule has 0 radical (unpaired) electrons. The van der Waals surface area contributed by atoms with E-state index in [-0.39, 0.29) is 12.5 Å². The first kappa shape index (κ1) is 16.6. The number of hydrogen-bond donors (Lipinski definition) is 1. The van der Waals surface area contributed by atoms with E-state index in [9.17, 15) is 4.79 Å². The third kappa shape index (κ3) is 3.36. The maximum absolute atomic E-state index is 12.1. The summed E-state index contributed by atoms with van der Waals surface area (Å²) < 4.78 is 5.28. The van der Waals surface area contributed by atoms with E-state index >= 15 is 0 Å². The van der Waals surface area contributed by atoms with Crippen molar-refractivity contribution >= 4 is 52.5 Å². The van der Waals surface area contributed by atoms with Gasteiger partial charge in [0.2, 0.25) is 0 Å². The molecule has 0 spiro atoms. The van der Waals surface area contributed by atoms with E-state index in [1.165, 1.54) is 4.90 Å². The van der Waals surface area contributed by atoms with E-state index in [2.05, 4.69) is 11.2 Å². The monoisotopic (exact) mass is 354 g/mol. The van der Waals surface area contributed by atoms with Crippen molar-refractivity contribution in [3.05, 3.63) is 33.4 Å². The van der Waals surface area contributed by atoms with Crippen LogP contribution in [0.5, 0.6) is 5.75 Å². The minimum atomic E-state index is -0.188. The van der Waals surface area contributed by atoms with E-state index in [1.807, 2.05) is 6.92 Å². The molecule has 1 fully saturated rings. The van der Waals surface area contributed by atoms with Crippen LogP contribution in [0, 0.1) is 12.3 Å². The molecule has 7 heteroatoms. The number of amides is 1. The lowest BCUT2D eigenvalue weighted by Crippen LogP contribution is -2.30. The standard InChI is InChI=1S/C15H12Cl2N2O2S/c1-3-5-21-13-10(16)6-9(7-11(13)17)8-12-14(20)19(4-2)15(22)18-12/h1,6-8H,4-5H2,2H3,(H,18,22)/b12-8-. The van der Waals surface area contributed by atoms with Crippen LogP contribution >= 0.6 is 35.4 Å². The minimum Gasteiger partial charge on any atom is -0.478 e. The first-order valence-electron chi connectivity index (χ1n) is 6.37. The van der Waals surface area contributed by atoms with Crippen LogP contribution in [0.15, 0.2) is 17.8 Å². The molecule has 1 aliphatic heterocycles. The van der Waals surface area contributed by atoms with Crippen LogP contribution in [-0.2, 0) is 4.79 Å². The Bertz CT molecular complexity index is 687. The van der Waals surface area contributed by atoms with Crippen LogP contribution in [0.25, 0.3) is 6.08 Å². The Labute approximate surface area is 144 Å². The fourth-order valence-corrected chi connectivity index (χ4v) is 2.88. The van der Waals surface area contributed by atoms with Gasteiger partial charge in [0, 0.05) is 6.54 Å². The number of likely N-dealkylation sites (N-methyl/N-ethyl adjacent to an activating group) is 1. The normalized spacial score (nSPS) is 15.9. The van der Waals surface area contributed by atoms with Gasteiger partial charge in [-0.3, -0.25) is 9.69 Å². The van der Waals surface area contributed by atoms with E-state index < -0.39 is 0 Å². The summed E-state index contributed by atoms with van der Waals surface area (Å²) in [7, 11) is 0. The number of nitrogens with zero attached hydrogens (tertiary/aromatic N) is 1. The number of halogens is 2. The molecule has 1 heterocycles. The summed E-state index contributed by atoms with van der Waals surface area (Å²) in [6.07, 6.45) is 6.77. The van der Waals surface area contributed by atoms with Gasteiger partial charge in [-0.15, -0.1) is 6.42 Å². The molecule has 1 aromatic carbocycles. The largest absolute Gasteiger partial charge is 0.478 e. The molecule has 1 N–H and O–H groups in total. The lowest BCUT2D eigenvalue weighted by molar-refractivity contribution is -0.122. The van der Waals surface area contributed by atoms with Crippen LogP contribution < -0.4 is 10.1 Å². The number of thiocarbonyl (C=S) groups is 1. The molecule has 4 nitrogen and oxygen atoms in total. The van der Waals surface area contributed by atoms with Gasteiger partial charge in [0.25, 0.3) is 5.91 Å². The Kier molecular flexibility index (Phi) is 5.30. The van der Waals surface area contributed by atoms with Crippen LogP contribution in [-0.4, -0.2) is 29.1 Å². The van der Waals surface area contributed by atoms with Gasteiger partial charge in [-0.2, -0.15) is 0 Å². The van der Waals surface area contributed by atoms with E-state index in [0.29, 0.717) is 38.7 Å². The van der Waals surface area contributed by atoms with E-state index in [0.717, 1.165) is 0 Å². The second-order valence-electron chi connectivity index (χ2n) is 4.34. The second kappa shape index (κ2) is 7.01. The summed E-state index contributed by atoms with van der Waals surface area (Å²) in [5.41, 5.74) is 1.02. The van der Waals surface area contributed by atoms with Gasteiger partial charge in [-0.25, -0.2) is 0 Å². The third-order valence-corrected chi connectivity index (χ3v) is 3.79. The first-order valence-corrected chi connectivity index (χ1v) is 7.54. The molecule has 0 aliphatic carbocycles. The van der Waals surface area contributed by atoms with E-state index in [4.69, 9.17) is 46.6 Å². The number of ether oxygens (including phenoxy) is 1. The molecule has 0 saturated carbocycles. The number of benzene rings is 1. The zero-order chi connectivity index (χ0) is 16.3. The molecule has 0 bridgehead atoms. The molecular formula is C15H12Cl2N2O2S. The van der Waals surface area contributed by atoms with Crippen molar-refractivity contribution in [3.8, 4) is 18.1 Å². The van der Waals surface area contributed by atoms with Gasteiger partial charge in [-0.05, 0) is 42.9 Å². The number of terminal acetylenes is 1. The molecular weight excluding hydrogens is 343 g/mol. The van der Waals surface area contributed by atoms with Crippen LogP contribution in [0.1, 0.15) is 12.5 Å². The summed E-state index contributed by atoms with van der Waals surface area (Å²) in [5, 5.41) is 3.88. The molecule has 1 amide bonds. The zero-order valence-electron chi connectivity index (χ0n) is 11.7. The van der Waals surface area contributed by atoms with Crippen molar-refractivity contribution in [2.75, 3.05) is 13.2 Å². The van der Waals surface area contributed by atoms with Crippen LogP contribution in [0.3, 0.4) is 0 Å². The van der Waals surface area contributed by atoms with Gasteiger partial charge < -0.3 is 10.1 Å². The number of carbonyl (C=O) groups is 1. The Hall–Kier alpha value is -1.74. The molecule has 1 aliphatic rings. The lowest BCUT2D eigenvalue weighted by atomic mass is 10.1. The van der Waals surface area contributed by atoms with Crippen molar-refractivity contribution in [2.45, 2.75) is 6.92 Å². The smallest absolute Gasteiger partial charge is 0.276 e. The van der Waals surface area contributed by atoms with Gasteiger partial charge in [0.15, 0.2) is 10.9 Å². The maximum Gasteiger partial charge on any atom is 0.276 e. The summed E-state index contributed by atoms with van der Waals surface area (Å²) in [6.45, 7) is 2.42. The highest BCUT2D eigenvalue weighted by Gasteiger charge is 2.29. The van der Waals surface area contributed by atoms with Crippen LogP contribution in [0.4, 0.5) is 0 Å². The van der Waals surface area contributed by atoms with Gasteiger partial charge in [-0.1, -0.05) is 29.1 Å². The average molecular weight is 355 g/mol. The quantitative estimate of drug-likeness (QED) is 0.512. The fourth-order valence-electron chi connectivity index (χ4n) is 1.94. The molecule has 22 heavy (non-hydrogen) atoms. The molecule has 0 unspecified atom stereocenters. The van der Waals surface area contributed by atoms with Gasteiger partial charge in [0.05, 0.1) is 10.0 Å². The summed E-state index contributed by atoms with van der Waals surface area (Å²) >= 11 is 17.3. The molecule has 1 saturated heterocycles. The second-order valence-corrected chi connectivity index (χ2v) is 5.55. The zero-order valence-corrected chi connectivity index (χ0v) is 14.0. The topological polar surface area (TPSA) is 41.6 Å². The molecule has 2 rings (SSSR count). The van der Waals surface area contributed by atoms with E-state index in [1.54, 1.807) is 18.2 Å². The van der Waals surface area contributed by atoms with Crippen LogP contribution in [0.2, 0.25) is 10.0 Å². The number of rotatable bonds is 4. The highest BCUT2D eigenvalue weighted by molar-refractivity contribution is 7.80. The summed E-state index contributed by atoms with van der Waals surface area (Å²) in [5.74, 6) is 2.47. The molecule has 0 aromatic heterocycles. The van der Waals surface area contributed by atoms with Crippen molar-refractivity contribution in [2.24, 2.45) is 0 Å². The predicted octanol–water partition coefficient (Wildman–Crippen LogP) is 3.08. The highest BCUT2D eigenvalue weighted by Crippen LogP contribution is 2.35. The van der Waals surface area contributed by atoms with Crippen molar-refractivity contribution in [1.82, 2.24) is 10.2 Å². The van der Waals surface area contributed by atoms with Crippen molar-refractivity contribution in [3.63, 3.8) is 0 Å². The first-order chi connectivity index (χ1) is 10.5. The predicted molar refractivity (Wildman–Crippen MR) is 91.9 cm³/mol. The SMILES string of the molecule is C#CCOc1c(Cl)cc(/C=C2\NC(=S)N(CC)C2=O)cc1Cl. The molecule has 1 aromatic rings. The number of nitrogens with one attached hydrogen (secondary N) is 1. The van der Waals surface area contributed by atoms with Gasteiger partial charge >= 0.3 is 0 Å². The Morgan fingerprint density at radius 2 is 2.09 bits per heavy atom. The van der Waals surface area contributed by atoms with Crippen molar-refractivity contribution in [1.29, 1.82) is 0 Å². The molecule has 0 atom stereocenters.